The lowest BCUT2D eigenvalue weighted by Crippen LogP contribution is -2.01. The lowest BCUT2D eigenvalue weighted by atomic mass is 9.97. The highest BCUT2D eigenvalue weighted by Gasteiger charge is 2.21. The van der Waals surface area contributed by atoms with Crippen LogP contribution in [-0.2, 0) is 6.61 Å². The predicted molar refractivity (Wildman–Crippen MR) is 114 cm³/mol. The molecular weight excluding hydrogens is 384 g/mol. The maximum atomic E-state index is 11.9. The monoisotopic (exact) mass is 408 g/mol. The van der Waals surface area contributed by atoms with Crippen LogP contribution in [-0.4, -0.2) is 34.7 Å². The van der Waals surface area contributed by atoms with Crippen molar-refractivity contribution in [3.05, 3.63) is 65.7 Å². The van der Waals surface area contributed by atoms with Gasteiger partial charge in [-0.15, -0.1) is 0 Å². The molecule has 0 unspecified atom stereocenters. The van der Waals surface area contributed by atoms with Crippen LogP contribution >= 0.6 is 0 Å². The lowest BCUT2D eigenvalue weighted by molar-refractivity contribution is 0.112. The molecule has 0 aliphatic carbocycles. The van der Waals surface area contributed by atoms with Gasteiger partial charge in [0.2, 0.25) is 5.75 Å². The van der Waals surface area contributed by atoms with Crippen LogP contribution in [0.1, 0.15) is 15.9 Å². The summed E-state index contributed by atoms with van der Waals surface area (Å²) in [7, 11) is 6.18. The highest BCUT2D eigenvalue weighted by Crippen LogP contribution is 2.46. The number of carbonyl (C=O) groups is 1. The highest BCUT2D eigenvalue weighted by molar-refractivity contribution is 5.92. The van der Waals surface area contributed by atoms with E-state index in [-0.39, 0.29) is 0 Å². The molecule has 0 amide bonds. The topological polar surface area (TPSA) is 63.2 Å². The van der Waals surface area contributed by atoms with Crippen molar-refractivity contribution in [3.63, 3.8) is 0 Å². The molecule has 156 valence electrons. The molecule has 0 atom stereocenters. The quantitative estimate of drug-likeness (QED) is 0.475. The van der Waals surface area contributed by atoms with Gasteiger partial charge in [-0.3, -0.25) is 4.79 Å². The Morgan fingerprint density at radius 2 is 1.40 bits per heavy atom. The predicted octanol–water partition coefficient (Wildman–Crippen LogP) is 4.78. The number of hydrogen-bond acceptors (Lipinski definition) is 6. The summed E-state index contributed by atoms with van der Waals surface area (Å²) in [6.07, 6.45) is 0.778. The van der Waals surface area contributed by atoms with Crippen molar-refractivity contribution in [3.8, 4) is 39.9 Å². The van der Waals surface area contributed by atoms with Crippen molar-refractivity contribution in [2.45, 2.75) is 6.61 Å². The Kier molecular flexibility index (Phi) is 6.80. The minimum atomic E-state index is 0.356. The summed E-state index contributed by atoms with van der Waals surface area (Å²) in [5, 5.41) is 0. The van der Waals surface area contributed by atoms with E-state index in [0.29, 0.717) is 52.0 Å². The molecule has 0 N–H and O–H groups in total. The molecule has 3 rings (SSSR count). The zero-order valence-electron chi connectivity index (χ0n) is 17.4. The smallest absolute Gasteiger partial charge is 0.203 e. The van der Waals surface area contributed by atoms with Gasteiger partial charge in [0.15, 0.2) is 29.3 Å². The maximum absolute atomic E-state index is 11.9. The van der Waals surface area contributed by atoms with E-state index >= 15 is 0 Å². The molecule has 0 saturated carbocycles. The SMILES string of the molecule is COc1cc(-c2ccc(OC)c(OC)c2OC)c(C=O)cc1OCc1ccccc1. The van der Waals surface area contributed by atoms with Gasteiger partial charge in [0.05, 0.1) is 28.4 Å². The molecule has 3 aromatic rings. The van der Waals surface area contributed by atoms with Crippen LogP contribution in [0.25, 0.3) is 11.1 Å². The van der Waals surface area contributed by atoms with Gasteiger partial charge in [-0.1, -0.05) is 30.3 Å². The van der Waals surface area contributed by atoms with Crippen molar-refractivity contribution >= 4 is 6.29 Å². The zero-order valence-corrected chi connectivity index (χ0v) is 17.4. The fraction of sp³-hybridized carbons (Fsp3) is 0.208. The number of aldehydes is 1. The fourth-order valence-corrected chi connectivity index (χ4v) is 3.23. The standard InChI is InChI=1S/C24H24O6/c1-26-20-11-10-18(23(28-3)24(20)29-4)19-13-21(27-2)22(12-17(19)14-25)30-15-16-8-6-5-7-9-16/h5-14H,15H2,1-4H3. The summed E-state index contributed by atoms with van der Waals surface area (Å²) in [6, 6.07) is 16.8. The Hall–Kier alpha value is -3.67. The summed E-state index contributed by atoms with van der Waals surface area (Å²) < 4.78 is 27.9. The number of benzene rings is 3. The summed E-state index contributed by atoms with van der Waals surface area (Å²) in [4.78, 5) is 11.9. The number of ether oxygens (including phenoxy) is 5. The van der Waals surface area contributed by atoms with E-state index in [1.165, 1.54) is 14.2 Å². The van der Waals surface area contributed by atoms with Crippen molar-refractivity contribution in [1.29, 1.82) is 0 Å². The molecular formula is C24H24O6. The molecule has 30 heavy (non-hydrogen) atoms. The number of methoxy groups -OCH3 is 4. The van der Waals surface area contributed by atoms with Gasteiger partial charge < -0.3 is 23.7 Å². The third-order valence-corrected chi connectivity index (χ3v) is 4.69. The minimum absolute atomic E-state index is 0.356. The van der Waals surface area contributed by atoms with E-state index in [1.54, 1.807) is 32.4 Å². The number of hydrogen-bond donors (Lipinski definition) is 0. The van der Waals surface area contributed by atoms with E-state index in [4.69, 9.17) is 23.7 Å². The Bertz CT molecular complexity index is 1010. The highest BCUT2D eigenvalue weighted by atomic mass is 16.5. The number of carbonyl (C=O) groups excluding carboxylic acids is 1. The second-order valence-corrected chi connectivity index (χ2v) is 6.36. The summed E-state index contributed by atoms with van der Waals surface area (Å²) in [5.74, 6) is 2.41. The van der Waals surface area contributed by atoms with E-state index in [2.05, 4.69) is 0 Å². The molecule has 3 aromatic carbocycles. The van der Waals surface area contributed by atoms with Gasteiger partial charge in [0.25, 0.3) is 0 Å². The fourth-order valence-electron chi connectivity index (χ4n) is 3.23. The first-order valence-corrected chi connectivity index (χ1v) is 9.30. The van der Waals surface area contributed by atoms with Gasteiger partial charge >= 0.3 is 0 Å². The minimum Gasteiger partial charge on any atom is -0.493 e. The molecule has 6 heteroatoms. The van der Waals surface area contributed by atoms with Crippen LogP contribution < -0.4 is 23.7 Å². The van der Waals surface area contributed by atoms with E-state index < -0.39 is 0 Å². The van der Waals surface area contributed by atoms with Crippen molar-refractivity contribution in [2.75, 3.05) is 28.4 Å². The first-order valence-electron chi connectivity index (χ1n) is 9.30. The largest absolute Gasteiger partial charge is 0.493 e. The molecule has 0 radical (unpaired) electrons. The van der Waals surface area contributed by atoms with Gasteiger partial charge in [0.1, 0.15) is 6.61 Å². The molecule has 0 fully saturated rings. The van der Waals surface area contributed by atoms with Gasteiger partial charge in [-0.25, -0.2) is 0 Å². The Balaban J connectivity index is 2.07. The third kappa shape index (κ3) is 4.17. The van der Waals surface area contributed by atoms with Gasteiger partial charge in [-0.2, -0.15) is 0 Å². The van der Waals surface area contributed by atoms with Crippen LogP contribution in [0, 0.1) is 0 Å². The molecule has 0 bridgehead atoms. The first kappa shape index (κ1) is 21.0. The van der Waals surface area contributed by atoms with Crippen LogP contribution in [0.5, 0.6) is 28.7 Å². The molecule has 0 aromatic heterocycles. The third-order valence-electron chi connectivity index (χ3n) is 4.69. The molecule has 0 spiro atoms. The van der Waals surface area contributed by atoms with E-state index in [0.717, 1.165) is 11.8 Å². The second-order valence-electron chi connectivity index (χ2n) is 6.36. The summed E-state index contributed by atoms with van der Waals surface area (Å²) in [5.41, 5.74) is 2.75. The Labute approximate surface area is 175 Å². The van der Waals surface area contributed by atoms with Crippen molar-refractivity contribution < 1.29 is 28.5 Å². The van der Waals surface area contributed by atoms with Crippen LogP contribution in [0.15, 0.2) is 54.6 Å². The van der Waals surface area contributed by atoms with Crippen molar-refractivity contribution in [2.24, 2.45) is 0 Å². The Morgan fingerprint density at radius 1 is 0.700 bits per heavy atom. The molecule has 0 heterocycles. The number of rotatable bonds is 9. The second kappa shape index (κ2) is 9.69. The summed E-state index contributed by atoms with van der Waals surface area (Å²) in [6.45, 7) is 0.356. The maximum Gasteiger partial charge on any atom is 0.203 e. The normalized spacial score (nSPS) is 10.3. The first-order chi connectivity index (χ1) is 14.7. The zero-order chi connectivity index (χ0) is 21.5. The van der Waals surface area contributed by atoms with E-state index in [1.807, 2.05) is 36.4 Å². The lowest BCUT2D eigenvalue weighted by Gasteiger charge is -2.18. The van der Waals surface area contributed by atoms with Gasteiger partial charge in [-0.05, 0) is 35.4 Å². The average molecular weight is 408 g/mol. The average Bonchev–Trinajstić information content (AvgIpc) is 2.81. The van der Waals surface area contributed by atoms with Crippen molar-refractivity contribution in [1.82, 2.24) is 0 Å². The molecule has 0 saturated heterocycles. The van der Waals surface area contributed by atoms with E-state index in [9.17, 15) is 4.79 Å². The van der Waals surface area contributed by atoms with Crippen LogP contribution in [0.3, 0.4) is 0 Å². The molecule has 0 aliphatic heterocycles. The molecule has 6 nitrogen and oxygen atoms in total. The summed E-state index contributed by atoms with van der Waals surface area (Å²) >= 11 is 0. The van der Waals surface area contributed by atoms with Gasteiger partial charge in [0, 0.05) is 11.1 Å². The van der Waals surface area contributed by atoms with Crippen LogP contribution in [0.2, 0.25) is 0 Å². The molecule has 0 aliphatic rings. The van der Waals surface area contributed by atoms with Crippen LogP contribution in [0.4, 0.5) is 0 Å². The Morgan fingerprint density at radius 3 is 2.00 bits per heavy atom.